The topological polar surface area (TPSA) is 29.1 Å². The number of halogens is 1. The molecule has 17 heavy (non-hydrogen) atoms. The number of carbonyl (C=O) groups is 1. The molecule has 2 fully saturated rings. The number of carbonyl (C=O) groups excluding carboxylic acids is 1. The molecule has 0 aromatic heterocycles. The second-order valence-corrected chi connectivity index (χ2v) is 6.84. The van der Waals surface area contributed by atoms with Gasteiger partial charge in [-0.15, -0.1) is 11.6 Å². The molecule has 0 saturated heterocycles. The summed E-state index contributed by atoms with van der Waals surface area (Å²) in [6, 6.07) is 0. The average molecular weight is 258 g/mol. The first kappa shape index (κ1) is 13.2. The molecule has 0 spiro atoms. The number of alkyl halides is 1. The van der Waals surface area contributed by atoms with Crippen molar-refractivity contribution in [1.29, 1.82) is 0 Å². The third kappa shape index (κ3) is 3.15. The van der Waals surface area contributed by atoms with E-state index < -0.39 is 0 Å². The second kappa shape index (κ2) is 5.17. The van der Waals surface area contributed by atoms with E-state index in [2.05, 4.69) is 19.2 Å². The van der Waals surface area contributed by atoms with Crippen LogP contribution in [0.2, 0.25) is 0 Å². The lowest BCUT2D eigenvalue weighted by Gasteiger charge is -2.23. The van der Waals surface area contributed by atoms with Crippen molar-refractivity contribution in [2.75, 3.05) is 12.4 Å². The van der Waals surface area contributed by atoms with Crippen molar-refractivity contribution in [3.8, 4) is 0 Å². The van der Waals surface area contributed by atoms with E-state index in [1.165, 1.54) is 25.7 Å². The van der Waals surface area contributed by atoms with Crippen LogP contribution in [0, 0.1) is 23.2 Å². The van der Waals surface area contributed by atoms with E-state index in [1.807, 2.05) is 0 Å². The zero-order valence-corrected chi connectivity index (χ0v) is 11.7. The Balaban J connectivity index is 1.75. The predicted molar refractivity (Wildman–Crippen MR) is 71.1 cm³/mol. The molecular formula is C14H24ClNO. The number of nitrogens with one attached hydrogen (secondary N) is 1. The molecule has 1 amide bonds. The fourth-order valence-electron chi connectivity index (χ4n) is 3.17. The summed E-state index contributed by atoms with van der Waals surface area (Å²) in [4.78, 5) is 12.1. The SMILES string of the molecule is CC(C)(CCCl)CNC(=O)C1C2CCCCC21. The molecule has 0 heterocycles. The van der Waals surface area contributed by atoms with Crippen molar-refractivity contribution in [2.24, 2.45) is 23.2 Å². The summed E-state index contributed by atoms with van der Waals surface area (Å²) in [5, 5.41) is 3.13. The molecule has 1 N–H and O–H groups in total. The molecule has 0 bridgehead atoms. The monoisotopic (exact) mass is 257 g/mol. The van der Waals surface area contributed by atoms with E-state index >= 15 is 0 Å². The first-order valence-electron chi connectivity index (χ1n) is 6.89. The highest BCUT2D eigenvalue weighted by Crippen LogP contribution is 2.55. The van der Waals surface area contributed by atoms with Crippen LogP contribution < -0.4 is 5.32 Å². The molecule has 3 heteroatoms. The maximum Gasteiger partial charge on any atom is 0.223 e. The first-order valence-corrected chi connectivity index (χ1v) is 7.42. The van der Waals surface area contributed by atoms with Crippen molar-refractivity contribution < 1.29 is 4.79 Å². The summed E-state index contributed by atoms with van der Waals surface area (Å²) in [5.41, 5.74) is 0.122. The van der Waals surface area contributed by atoms with Crippen LogP contribution >= 0.6 is 11.6 Å². The lowest BCUT2D eigenvalue weighted by Crippen LogP contribution is -2.35. The minimum Gasteiger partial charge on any atom is -0.355 e. The van der Waals surface area contributed by atoms with Gasteiger partial charge >= 0.3 is 0 Å². The lowest BCUT2D eigenvalue weighted by atomic mass is 9.90. The van der Waals surface area contributed by atoms with Crippen LogP contribution in [0.25, 0.3) is 0 Å². The van der Waals surface area contributed by atoms with E-state index in [1.54, 1.807) is 0 Å². The molecular weight excluding hydrogens is 234 g/mol. The van der Waals surface area contributed by atoms with Crippen LogP contribution in [0.1, 0.15) is 46.0 Å². The molecule has 0 radical (unpaired) electrons. The summed E-state index contributed by atoms with van der Waals surface area (Å²) in [6.07, 6.45) is 6.14. The van der Waals surface area contributed by atoms with Crippen molar-refractivity contribution in [3.63, 3.8) is 0 Å². The smallest absolute Gasteiger partial charge is 0.223 e. The van der Waals surface area contributed by atoms with Gasteiger partial charge in [-0.25, -0.2) is 0 Å². The Kier molecular flexibility index (Phi) is 4.02. The van der Waals surface area contributed by atoms with Crippen LogP contribution in [0.4, 0.5) is 0 Å². The summed E-state index contributed by atoms with van der Waals surface area (Å²) < 4.78 is 0. The third-order valence-corrected chi connectivity index (χ3v) is 4.66. The van der Waals surface area contributed by atoms with Crippen molar-refractivity contribution in [2.45, 2.75) is 46.0 Å². The standard InChI is InChI=1S/C14H24ClNO/c1-14(2,7-8-15)9-16-13(17)12-10-5-3-4-6-11(10)12/h10-12H,3-9H2,1-2H3,(H,16,17). The largest absolute Gasteiger partial charge is 0.355 e. The van der Waals surface area contributed by atoms with Crippen LogP contribution in [-0.4, -0.2) is 18.3 Å². The molecule has 2 atom stereocenters. The van der Waals surface area contributed by atoms with E-state index in [0.29, 0.717) is 29.5 Å². The molecule has 2 unspecified atom stereocenters. The number of hydrogen-bond acceptors (Lipinski definition) is 1. The molecule has 0 aliphatic heterocycles. The minimum atomic E-state index is 0.122. The predicted octanol–water partition coefficient (Wildman–Crippen LogP) is 3.19. The molecule has 2 nitrogen and oxygen atoms in total. The first-order chi connectivity index (χ1) is 8.05. The number of amides is 1. The zero-order chi connectivity index (χ0) is 12.5. The quantitative estimate of drug-likeness (QED) is 0.753. The Bertz CT molecular complexity index is 278. The molecule has 0 aromatic carbocycles. The summed E-state index contributed by atoms with van der Waals surface area (Å²) in [7, 11) is 0. The Labute approximate surface area is 109 Å². The van der Waals surface area contributed by atoms with Crippen LogP contribution in [0.5, 0.6) is 0 Å². The highest BCUT2D eigenvalue weighted by atomic mass is 35.5. The number of rotatable bonds is 5. The summed E-state index contributed by atoms with van der Waals surface area (Å²) in [6.45, 7) is 5.08. The van der Waals surface area contributed by atoms with Crippen molar-refractivity contribution in [3.05, 3.63) is 0 Å². The fraction of sp³-hybridized carbons (Fsp3) is 0.929. The van der Waals surface area contributed by atoms with Crippen molar-refractivity contribution >= 4 is 17.5 Å². The molecule has 98 valence electrons. The van der Waals surface area contributed by atoms with Gasteiger partial charge in [0.15, 0.2) is 0 Å². The Morgan fingerprint density at radius 1 is 1.29 bits per heavy atom. The van der Waals surface area contributed by atoms with Gasteiger partial charge in [-0.1, -0.05) is 26.7 Å². The van der Waals surface area contributed by atoms with Gasteiger partial charge in [0.05, 0.1) is 0 Å². The van der Waals surface area contributed by atoms with Gasteiger partial charge in [-0.3, -0.25) is 4.79 Å². The van der Waals surface area contributed by atoms with Gasteiger partial charge in [0.25, 0.3) is 0 Å². The fourth-order valence-corrected chi connectivity index (χ4v) is 3.68. The molecule has 2 aliphatic carbocycles. The zero-order valence-electron chi connectivity index (χ0n) is 11.0. The van der Waals surface area contributed by atoms with Gasteiger partial charge < -0.3 is 5.32 Å². The minimum absolute atomic E-state index is 0.122. The van der Waals surface area contributed by atoms with Gasteiger partial charge in [0.1, 0.15) is 0 Å². The maximum atomic E-state index is 12.1. The Morgan fingerprint density at radius 2 is 1.88 bits per heavy atom. The Morgan fingerprint density at radius 3 is 2.41 bits per heavy atom. The maximum absolute atomic E-state index is 12.1. The highest BCUT2D eigenvalue weighted by Gasteiger charge is 2.54. The number of fused-ring (bicyclic) bond motifs is 1. The summed E-state index contributed by atoms with van der Waals surface area (Å²) >= 11 is 5.76. The van der Waals surface area contributed by atoms with Crippen molar-refractivity contribution in [1.82, 2.24) is 5.32 Å². The van der Waals surface area contributed by atoms with E-state index in [-0.39, 0.29) is 5.41 Å². The lowest BCUT2D eigenvalue weighted by molar-refractivity contribution is -0.123. The molecule has 0 aromatic rings. The van der Waals surface area contributed by atoms with E-state index in [9.17, 15) is 4.79 Å². The number of hydrogen-bond donors (Lipinski definition) is 1. The van der Waals surface area contributed by atoms with Gasteiger partial charge in [-0.2, -0.15) is 0 Å². The molecule has 2 saturated carbocycles. The van der Waals surface area contributed by atoms with Gasteiger partial charge in [0.2, 0.25) is 5.91 Å². The van der Waals surface area contributed by atoms with Crippen LogP contribution in [0.3, 0.4) is 0 Å². The average Bonchev–Trinajstić information content (AvgIpc) is 3.00. The Hall–Kier alpha value is -0.240. The van der Waals surface area contributed by atoms with Gasteiger partial charge in [-0.05, 0) is 36.5 Å². The molecule has 2 aliphatic rings. The van der Waals surface area contributed by atoms with E-state index in [4.69, 9.17) is 11.6 Å². The highest BCUT2D eigenvalue weighted by molar-refractivity contribution is 6.17. The van der Waals surface area contributed by atoms with Crippen LogP contribution in [0.15, 0.2) is 0 Å². The second-order valence-electron chi connectivity index (χ2n) is 6.46. The van der Waals surface area contributed by atoms with Crippen LogP contribution in [-0.2, 0) is 4.79 Å². The normalized spacial score (nSPS) is 31.8. The van der Waals surface area contributed by atoms with E-state index in [0.717, 1.165) is 13.0 Å². The molecule has 2 rings (SSSR count). The third-order valence-electron chi connectivity index (χ3n) is 4.47. The van der Waals surface area contributed by atoms with Gasteiger partial charge in [0, 0.05) is 18.3 Å². The summed E-state index contributed by atoms with van der Waals surface area (Å²) in [5.74, 6) is 2.71.